The van der Waals surface area contributed by atoms with Crippen molar-refractivity contribution in [2.24, 2.45) is 0 Å². The third-order valence-electron chi connectivity index (χ3n) is 3.41. The van der Waals surface area contributed by atoms with Crippen molar-refractivity contribution in [1.82, 2.24) is 10.0 Å². The Morgan fingerprint density at radius 1 is 1.35 bits per heavy atom. The molecule has 0 saturated carbocycles. The molecule has 1 aliphatic rings. The number of hydrogen-bond acceptors (Lipinski definition) is 5. The van der Waals surface area contributed by atoms with Gasteiger partial charge in [-0.2, -0.15) is 0 Å². The number of nitrogens with zero attached hydrogens (tertiary/aromatic N) is 2. The molecule has 0 amide bonds. The van der Waals surface area contributed by atoms with Crippen molar-refractivity contribution in [3.63, 3.8) is 0 Å². The fourth-order valence-corrected chi connectivity index (χ4v) is 2.41. The summed E-state index contributed by atoms with van der Waals surface area (Å²) in [5.74, 6) is 0.575. The highest BCUT2D eigenvalue weighted by atomic mass is 16.7. The molecule has 5 heteroatoms. The predicted molar refractivity (Wildman–Crippen MR) is 71.9 cm³/mol. The summed E-state index contributed by atoms with van der Waals surface area (Å²) in [6.45, 7) is 1.37. The number of hydrogen-bond donors (Lipinski definition) is 0. The zero-order chi connectivity index (χ0) is 13.8. The summed E-state index contributed by atoms with van der Waals surface area (Å²) in [6.07, 6.45) is 5.17. The van der Waals surface area contributed by atoms with E-state index in [9.17, 15) is 4.79 Å². The monoisotopic (exact) mass is 272 g/mol. The van der Waals surface area contributed by atoms with Crippen molar-refractivity contribution in [3.05, 3.63) is 54.2 Å². The van der Waals surface area contributed by atoms with Crippen LogP contribution in [0, 0.1) is 0 Å². The molecule has 0 aliphatic carbocycles. The van der Waals surface area contributed by atoms with Crippen LogP contribution in [-0.4, -0.2) is 29.1 Å². The lowest BCUT2D eigenvalue weighted by molar-refractivity contribution is -0.125. The Morgan fingerprint density at radius 3 is 2.95 bits per heavy atom. The third-order valence-corrected chi connectivity index (χ3v) is 3.41. The third kappa shape index (κ3) is 2.88. The van der Waals surface area contributed by atoms with Crippen molar-refractivity contribution in [2.45, 2.75) is 18.8 Å². The second-order valence-corrected chi connectivity index (χ2v) is 4.84. The van der Waals surface area contributed by atoms with E-state index < -0.39 is 0 Å². The van der Waals surface area contributed by atoms with Crippen LogP contribution in [0.15, 0.2) is 47.2 Å². The maximum atomic E-state index is 12.0. The lowest BCUT2D eigenvalue weighted by Gasteiger charge is -2.29. The number of piperidine rings is 1. The van der Waals surface area contributed by atoms with E-state index in [1.54, 1.807) is 29.7 Å². The standard InChI is InChI=1S/C15H16N2O3/c18-15(12-5-2-1-3-6-12)20-17-9-4-7-13(11-17)14-16-8-10-19-14/h1-3,5-6,8,10,13H,4,7,9,11H2. The second-order valence-electron chi connectivity index (χ2n) is 4.84. The van der Waals surface area contributed by atoms with E-state index in [-0.39, 0.29) is 11.9 Å². The molecule has 1 saturated heterocycles. The van der Waals surface area contributed by atoms with Crippen molar-refractivity contribution in [3.8, 4) is 0 Å². The van der Waals surface area contributed by atoms with E-state index in [0.29, 0.717) is 18.0 Å². The van der Waals surface area contributed by atoms with Crippen LogP contribution < -0.4 is 0 Å². The van der Waals surface area contributed by atoms with E-state index in [1.807, 2.05) is 18.2 Å². The number of aromatic nitrogens is 1. The van der Waals surface area contributed by atoms with Gasteiger partial charge in [-0.15, -0.1) is 5.06 Å². The molecule has 2 aromatic rings. The fourth-order valence-electron chi connectivity index (χ4n) is 2.41. The van der Waals surface area contributed by atoms with Crippen LogP contribution in [-0.2, 0) is 4.84 Å². The SMILES string of the molecule is O=C(ON1CCCC(c2ncco2)C1)c1ccccc1. The average molecular weight is 272 g/mol. The van der Waals surface area contributed by atoms with Gasteiger partial charge in [0.15, 0.2) is 5.89 Å². The van der Waals surface area contributed by atoms with Crippen LogP contribution in [0.3, 0.4) is 0 Å². The first-order valence-electron chi connectivity index (χ1n) is 6.74. The van der Waals surface area contributed by atoms with E-state index in [2.05, 4.69) is 4.98 Å². The summed E-state index contributed by atoms with van der Waals surface area (Å²) in [6, 6.07) is 9.01. The highest BCUT2D eigenvalue weighted by molar-refractivity contribution is 5.89. The number of hydroxylamine groups is 2. The minimum absolute atomic E-state index is 0.183. The van der Waals surface area contributed by atoms with Gasteiger partial charge in [-0.05, 0) is 25.0 Å². The van der Waals surface area contributed by atoms with Crippen molar-refractivity contribution in [1.29, 1.82) is 0 Å². The lowest BCUT2D eigenvalue weighted by atomic mass is 9.99. The molecule has 0 spiro atoms. The number of carbonyl (C=O) groups is 1. The highest BCUT2D eigenvalue weighted by Gasteiger charge is 2.26. The van der Waals surface area contributed by atoms with Gasteiger partial charge in [-0.1, -0.05) is 18.2 Å². The van der Waals surface area contributed by atoms with Gasteiger partial charge in [-0.25, -0.2) is 9.78 Å². The van der Waals surface area contributed by atoms with Crippen LogP contribution >= 0.6 is 0 Å². The largest absolute Gasteiger partial charge is 0.449 e. The molecule has 1 fully saturated rings. The first kappa shape index (κ1) is 12.9. The molecule has 0 N–H and O–H groups in total. The molecule has 1 atom stereocenters. The van der Waals surface area contributed by atoms with Gasteiger partial charge < -0.3 is 9.25 Å². The number of carbonyl (C=O) groups excluding carboxylic acids is 1. The fraction of sp³-hybridized carbons (Fsp3) is 0.333. The Morgan fingerprint density at radius 2 is 2.20 bits per heavy atom. The van der Waals surface area contributed by atoms with Gasteiger partial charge in [0, 0.05) is 13.1 Å². The van der Waals surface area contributed by atoms with E-state index in [1.165, 1.54) is 0 Å². The van der Waals surface area contributed by atoms with Crippen molar-refractivity contribution in [2.75, 3.05) is 13.1 Å². The van der Waals surface area contributed by atoms with Gasteiger partial charge >= 0.3 is 5.97 Å². The van der Waals surface area contributed by atoms with Gasteiger partial charge in [0.25, 0.3) is 0 Å². The van der Waals surface area contributed by atoms with Gasteiger partial charge in [0.2, 0.25) is 0 Å². The Hall–Kier alpha value is -2.14. The van der Waals surface area contributed by atoms with Crippen molar-refractivity contribution < 1.29 is 14.0 Å². The first-order valence-corrected chi connectivity index (χ1v) is 6.74. The zero-order valence-corrected chi connectivity index (χ0v) is 11.1. The summed E-state index contributed by atoms with van der Waals surface area (Å²) < 4.78 is 5.33. The van der Waals surface area contributed by atoms with E-state index in [0.717, 1.165) is 19.4 Å². The zero-order valence-electron chi connectivity index (χ0n) is 11.1. The Kier molecular flexibility index (Phi) is 3.78. The topological polar surface area (TPSA) is 55.6 Å². The summed E-state index contributed by atoms with van der Waals surface area (Å²) in [7, 11) is 0. The van der Waals surface area contributed by atoms with Crippen LogP contribution in [0.5, 0.6) is 0 Å². The molecule has 5 nitrogen and oxygen atoms in total. The Labute approximate surface area is 117 Å². The van der Waals surface area contributed by atoms with E-state index >= 15 is 0 Å². The van der Waals surface area contributed by atoms with Crippen LogP contribution in [0.2, 0.25) is 0 Å². The molecule has 1 aliphatic heterocycles. The molecular weight excluding hydrogens is 256 g/mol. The number of rotatable bonds is 3. The molecule has 20 heavy (non-hydrogen) atoms. The summed E-state index contributed by atoms with van der Waals surface area (Å²) >= 11 is 0. The lowest BCUT2D eigenvalue weighted by Crippen LogP contribution is -2.36. The molecule has 1 unspecified atom stereocenters. The second kappa shape index (κ2) is 5.88. The minimum atomic E-state index is -0.321. The quantitative estimate of drug-likeness (QED) is 0.859. The number of benzene rings is 1. The van der Waals surface area contributed by atoms with Gasteiger partial charge in [0.1, 0.15) is 6.26 Å². The highest BCUT2D eigenvalue weighted by Crippen LogP contribution is 2.25. The van der Waals surface area contributed by atoms with Crippen LogP contribution in [0.1, 0.15) is 35.0 Å². The molecule has 0 bridgehead atoms. The smallest absolute Gasteiger partial charge is 0.357 e. The predicted octanol–water partition coefficient (Wildman–Crippen LogP) is 2.63. The van der Waals surface area contributed by atoms with Gasteiger partial charge in [-0.3, -0.25) is 0 Å². The van der Waals surface area contributed by atoms with Crippen LogP contribution in [0.25, 0.3) is 0 Å². The summed E-state index contributed by atoms with van der Waals surface area (Å²) in [5.41, 5.74) is 0.561. The maximum Gasteiger partial charge on any atom is 0.357 e. The Balaban J connectivity index is 1.62. The van der Waals surface area contributed by atoms with Gasteiger partial charge in [0.05, 0.1) is 17.7 Å². The summed E-state index contributed by atoms with van der Waals surface area (Å²) in [4.78, 5) is 21.6. The molecule has 2 heterocycles. The van der Waals surface area contributed by atoms with Crippen molar-refractivity contribution >= 4 is 5.97 Å². The molecule has 1 aromatic carbocycles. The maximum absolute atomic E-state index is 12.0. The molecule has 104 valence electrons. The van der Waals surface area contributed by atoms with E-state index in [4.69, 9.17) is 9.25 Å². The first-order chi connectivity index (χ1) is 9.83. The normalized spacial score (nSPS) is 19.7. The Bertz CT molecular complexity index is 554. The molecule has 1 aromatic heterocycles. The molecular formula is C15H16N2O3. The number of oxazole rings is 1. The summed E-state index contributed by atoms with van der Waals surface area (Å²) in [5, 5.41) is 1.70. The minimum Gasteiger partial charge on any atom is -0.449 e. The average Bonchev–Trinajstić information content (AvgIpc) is 3.03. The van der Waals surface area contributed by atoms with Crippen LogP contribution in [0.4, 0.5) is 0 Å². The molecule has 0 radical (unpaired) electrons. The molecule has 3 rings (SSSR count).